The maximum Gasteiger partial charge on any atom is 0.405 e. The van der Waals surface area contributed by atoms with Crippen LogP contribution in [0.3, 0.4) is 0 Å². The number of hydrogen-bond acceptors (Lipinski definition) is 5. The molecule has 11 heteroatoms. The summed E-state index contributed by atoms with van der Waals surface area (Å²) in [6.45, 7) is -0.333. The first-order valence-electron chi connectivity index (χ1n) is 8.86. The van der Waals surface area contributed by atoms with Gasteiger partial charge in [-0.1, -0.05) is 0 Å². The van der Waals surface area contributed by atoms with Gasteiger partial charge in [0.05, 0.1) is 11.3 Å². The van der Waals surface area contributed by atoms with Gasteiger partial charge in [0, 0.05) is 36.8 Å². The summed E-state index contributed by atoms with van der Waals surface area (Å²) in [5.41, 5.74) is 9.96. The van der Waals surface area contributed by atoms with Gasteiger partial charge in [-0.05, 0) is 25.3 Å². The Morgan fingerprint density at radius 3 is 2.82 bits per heavy atom. The Bertz CT molecular complexity index is 866. The minimum atomic E-state index is -4.43. The number of pyridine rings is 1. The first kappa shape index (κ1) is 19.9. The monoisotopic (exact) mass is 398 g/mol. The maximum atomic E-state index is 12.3. The Balaban J connectivity index is 1.68. The molecule has 2 aromatic rings. The predicted molar refractivity (Wildman–Crippen MR) is 96.2 cm³/mol. The van der Waals surface area contributed by atoms with E-state index in [9.17, 15) is 22.8 Å². The Kier molecular flexibility index (Phi) is 5.73. The largest absolute Gasteiger partial charge is 0.405 e. The summed E-state index contributed by atoms with van der Waals surface area (Å²) >= 11 is 0. The van der Waals surface area contributed by atoms with Gasteiger partial charge in [0.15, 0.2) is 0 Å². The summed E-state index contributed by atoms with van der Waals surface area (Å²) in [7, 11) is 0. The quantitative estimate of drug-likeness (QED) is 0.613. The molecular formula is C17H21F3N6O2. The summed E-state index contributed by atoms with van der Waals surface area (Å²) in [5, 5.41) is 4.49. The van der Waals surface area contributed by atoms with Crippen LogP contribution in [0.2, 0.25) is 0 Å². The first-order chi connectivity index (χ1) is 13.2. The molecule has 1 aliphatic heterocycles. The summed E-state index contributed by atoms with van der Waals surface area (Å²) in [5.74, 6) is -1.71. The molecule has 0 aliphatic carbocycles. The van der Waals surface area contributed by atoms with E-state index < -0.39 is 30.5 Å². The minimum absolute atomic E-state index is 0.232. The molecule has 2 aromatic heterocycles. The lowest BCUT2D eigenvalue weighted by Gasteiger charge is -2.24. The molecule has 1 fully saturated rings. The van der Waals surface area contributed by atoms with Gasteiger partial charge in [-0.25, -0.2) is 9.99 Å². The van der Waals surface area contributed by atoms with Crippen LogP contribution in [-0.4, -0.2) is 52.6 Å². The summed E-state index contributed by atoms with van der Waals surface area (Å²) < 4.78 is 36.9. The highest BCUT2D eigenvalue weighted by Crippen LogP contribution is 2.27. The van der Waals surface area contributed by atoms with E-state index in [0.29, 0.717) is 49.1 Å². The van der Waals surface area contributed by atoms with Gasteiger partial charge in [-0.15, -0.1) is 0 Å². The fourth-order valence-corrected chi connectivity index (χ4v) is 3.28. The lowest BCUT2D eigenvalue weighted by Crippen LogP contribution is -2.38. The second-order valence-corrected chi connectivity index (χ2v) is 6.71. The number of hydrogen-bond donors (Lipinski definition) is 4. The molecule has 0 aromatic carbocycles. The van der Waals surface area contributed by atoms with Gasteiger partial charge < -0.3 is 21.5 Å². The molecule has 2 amide bonds. The van der Waals surface area contributed by atoms with Crippen molar-refractivity contribution in [2.75, 3.05) is 25.1 Å². The molecule has 152 valence electrons. The van der Waals surface area contributed by atoms with Crippen molar-refractivity contribution in [3.63, 3.8) is 0 Å². The number of nitrogens with zero attached hydrogens (tertiary/aromatic N) is 2. The van der Waals surface area contributed by atoms with Crippen molar-refractivity contribution < 1.29 is 22.8 Å². The number of carbonyl (C=O) groups is 2. The van der Waals surface area contributed by atoms with E-state index in [4.69, 9.17) is 5.73 Å². The van der Waals surface area contributed by atoms with Crippen LogP contribution >= 0.6 is 0 Å². The molecule has 0 radical (unpaired) electrons. The van der Waals surface area contributed by atoms with Crippen LogP contribution in [0.4, 0.5) is 18.9 Å². The number of nitrogens with one attached hydrogen (secondary N) is 3. The Hall–Kier alpha value is -2.82. The van der Waals surface area contributed by atoms with E-state index in [0.717, 1.165) is 0 Å². The van der Waals surface area contributed by atoms with Gasteiger partial charge in [0.2, 0.25) is 5.91 Å². The molecule has 1 atom stereocenters. The third-order valence-electron chi connectivity index (χ3n) is 4.68. The zero-order valence-electron chi connectivity index (χ0n) is 15.0. The number of aromatic nitrogens is 2. The second kappa shape index (κ2) is 8.05. The molecule has 1 saturated heterocycles. The van der Waals surface area contributed by atoms with E-state index in [1.54, 1.807) is 12.3 Å². The highest BCUT2D eigenvalue weighted by molar-refractivity contribution is 6.05. The topological polar surface area (TPSA) is 116 Å². The smallest absolute Gasteiger partial charge is 0.365 e. The number of fused-ring (bicyclic) bond motifs is 1. The van der Waals surface area contributed by atoms with Crippen LogP contribution in [0.1, 0.15) is 29.6 Å². The van der Waals surface area contributed by atoms with Gasteiger partial charge in [-0.3, -0.25) is 9.59 Å². The number of amides is 2. The molecule has 0 saturated carbocycles. The molecule has 1 aliphatic rings. The van der Waals surface area contributed by atoms with Gasteiger partial charge >= 0.3 is 6.18 Å². The predicted octanol–water partition coefficient (Wildman–Crippen LogP) is 1.77. The van der Waals surface area contributed by atoms with Crippen LogP contribution in [-0.2, 0) is 4.79 Å². The van der Waals surface area contributed by atoms with Gasteiger partial charge in [0.1, 0.15) is 12.2 Å². The highest BCUT2D eigenvalue weighted by atomic mass is 19.4. The van der Waals surface area contributed by atoms with Crippen molar-refractivity contribution in [3.05, 3.63) is 24.0 Å². The molecule has 3 heterocycles. The number of alkyl halides is 3. The summed E-state index contributed by atoms with van der Waals surface area (Å²) in [6.07, 6.45) is 0.142. The number of primary amides is 1. The first-order valence-corrected chi connectivity index (χ1v) is 8.86. The Labute approximate surface area is 158 Å². The summed E-state index contributed by atoms with van der Waals surface area (Å²) in [4.78, 5) is 30.9. The molecule has 3 rings (SSSR count). The number of carbonyl (C=O) groups excluding carboxylic acids is 2. The maximum absolute atomic E-state index is 12.3. The lowest BCUT2D eigenvalue weighted by atomic mass is 10.00. The molecule has 8 nitrogen and oxygen atoms in total. The SMILES string of the molecule is NC(=O)c1cnc2[nH]ccc2c1NN1CCC[C@H](C(=O)NCC(F)(F)F)CC1. The van der Waals surface area contributed by atoms with Crippen LogP contribution in [0, 0.1) is 5.92 Å². The van der Waals surface area contributed by atoms with E-state index in [1.807, 2.05) is 10.3 Å². The lowest BCUT2D eigenvalue weighted by molar-refractivity contribution is -0.141. The number of hydrazine groups is 1. The van der Waals surface area contributed by atoms with Crippen molar-refractivity contribution in [2.45, 2.75) is 25.4 Å². The standard InChI is InChI=1S/C17H21F3N6O2/c18-17(19,20)9-24-16(28)10-2-1-6-26(7-4-10)25-13-11-3-5-22-15(11)23-8-12(13)14(21)27/h3,5,8,10H,1-2,4,6-7,9H2,(H2,21,27)(H,24,28)(H2,22,23,25)/t10-/m0/s1. The van der Waals surface area contributed by atoms with Crippen LogP contribution in [0.25, 0.3) is 11.0 Å². The zero-order valence-corrected chi connectivity index (χ0v) is 15.0. The molecular weight excluding hydrogens is 377 g/mol. The molecule has 28 heavy (non-hydrogen) atoms. The Morgan fingerprint density at radius 1 is 1.32 bits per heavy atom. The molecule has 0 spiro atoms. The second-order valence-electron chi connectivity index (χ2n) is 6.71. The summed E-state index contributed by atoms with van der Waals surface area (Å²) in [6, 6.07) is 1.77. The normalized spacial score (nSPS) is 18.6. The molecule has 0 bridgehead atoms. The van der Waals surface area contributed by atoms with E-state index in [2.05, 4.69) is 15.4 Å². The van der Waals surface area contributed by atoms with Crippen LogP contribution in [0.15, 0.2) is 18.5 Å². The molecule has 5 N–H and O–H groups in total. The van der Waals surface area contributed by atoms with Crippen LogP contribution in [0.5, 0.6) is 0 Å². The van der Waals surface area contributed by atoms with Gasteiger partial charge in [0.25, 0.3) is 5.91 Å². The van der Waals surface area contributed by atoms with Crippen molar-refractivity contribution in [2.24, 2.45) is 11.7 Å². The van der Waals surface area contributed by atoms with E-state index in [-0.39, 0.29) is 5.56 Å². The number of aromatic amines is 1. The zero-order chi connectivity index (χ0) is 20.3. The number of halogens is 3. The fourth-order valence-electron chi connectivity index (χ4n) is 3.28. The highest BCUT2D eigenvalue weighted by Gasteiger charge is 2.30. The van der Waals surface area contributed by atoms with Crippen molar-refractivity contribution in [1.29, 1.82) is 0 Å². The number of anilines is 1. The van der Waals surface area contributed by atoms with E-state index in [1.165, 1.54) is 6.20 Å². The van der Waals surface area contributed by atoms with Gasteiger partial charge in [-0.2, -0.15) is 13.2 Å². The number of rotatable bonds is 5. The Morgan fingerprint density at radius 2 is 2.11 bits per heavy atom. The van der Waals surface area contributed by atoms with Crippen molar-refractivity contribution in [3.8, 4) is 0 Å². The fraction of sp³-hybridized carbons (Fsp3) is 0.471. The number of nitrogens with two attached hydrogens (primary N) is 1. The van der Waals surface area contributed by atoms with Crippen molar-refractivity contribution in [1.82, 2.24) is 20.3 Å². The third-order valence-corrected chi connectivity index (χ3v) is 4.68. The van der Waals surface area contributed by atoms with Crippen LogP contribution < -0.4 is 16.5 Å². The van der Waals surface area contributed by atoms with Crippen molar-refractivity contribution >= 4 is 28.5 Å². The van der Waals surface area contributed by atoms with E-state index >= 15 is 0 Å². The number of H-pyrrole nitrogens is 1. The molecule has 0 unspecified atom stereocenters. The average Bonchev–Trinajstić information content (AvgIpc) is 2.98. The minimum Gasteiger partial charge on any atom is -0.365 e. The third kappa shape index (κ3) is 4.71. The average molecular weight is 398 g/mol.